The molecule has 5 heteroatoms. The first-order chi connectivity index (χ1) is 15.1. The Hall–Kier alpha value is -3.11. The Morgan fingerprint density at radius 3 is 2.45 bits per heavy atom. The lowest BCUT2D eigenvalue weighted by atomic mass is 9.88. The van der Waals surface area contributed by atoms with E-state index in [9.17, 15) is 9.90 Å². The van der Waals surface area contributed by atoms with E-state index in [-0.39, 0.29) is 11.7 Å². The standard InChI is InChI=1S/C26H23ClN2O2/c27-21-7-10-23-20(16-21)4-3-18-2-1-13-28-25(18)24(23)17-11-14-29(15-12-17)26(31)19-5-8-22(30)9-6-19/h1-2,5-10,13,16,30H,3-4,11-12,14-15H2. The molecule has 0 unspecified atom stereocenters. The smallest absolute Gasteiger partial charge is 0.253 e. The summed E-state index contributed by atoms with van der Waals surface area (Å²) in [6, 6.07) is 16.8. The highest BCUT2D eigenvalue weighted by atomic mass is 35.5. The first kappa shape index (κ1) is 19.8. The molecule has 1 amide bonds. The van der Waals surface area contributed by atoms with Crippen LogP contribution in [0.15, 0.2) is 66.4 Å². The quantitative estimate of drug-likeness (QED) is 0.571. The molecule has 1 fully saturated rings. The number of carbonyl (C=O) groups excluding carboxylic acids is 1. The molecule has 2 aliphatic rings. The second-order valence-corrected chi connectivity index (χ2v) is 8.57. The summed E-state index contributed by atoms with van der Waals surface area (Å²) in [6.45, 7) is 1.34. The van der Waals surface area contributed by atoms with E-state index in [1.807, 2.05) is 23.2 Å². The minimum absolute atomic E-state index is 0.00984. The number of phenols is 1. The highest BCUT2D eigenvalue weighted by molar-refractivity contribution is 6.30. The fourth-order valence-electron chi connectivity index (χ4n) is 4.65. The van der Waals surface area contributed by atoms with E-state index in [1.54, 1.807) is 24.3 Å². The summed E-state index contributed by atoms with van der Waals surface area (Å²) in [5, 5.41) is 10.2. The molecule has 0 saturated carbocycles. The van der Waals surface area contributed by atoms with Crippen molar-refractivity contribution in [2.24, 2.45) is 0 Å². The monoisotopic (exact) mass is 430 g/mol. The molecule has 5 rings (SSSR count). The fourth-order valence-corrected chi connectivity index (χ4v) is 4.84. The average molecular weight is 431 g/mol. The Balaban J connectivity index is 1.49. The summed E-state index contributed by atoms with van der Waals surface area (Å²) in [5.74, 6) is 0.177. The van der Waals surface area contributed by atoms with Crippen molar-refractivity contribution in [2.75, 3.05) is 13.1 Å². The van der Waals surface area contributed by atoms with Crippen molar-refractivity contribution in [3.8, 4) is 5.75 Å². The van der Waals surface area contributed by atoms with Crippen LogP contribution < -0.4 is 0 Å². The van der Waals surface area contributed by atoms with Crippen LogP contribution >= 0.6 is 11.6 Å². The minimum Gasteiger partial charge on any atom is -0.508 e. The molecule has 0 bridgehead atoms. The van der Waals surface area contributed by atoms with Crippen molar-refractivity contribution in [1.82, 2.24) is 9.88 Å². The highest BCUT2D eigenvalue weighted by Gasteiger charge is 2.26. The number of hydrogen-bond acceptors (Lipinski definition) is 3. The molecule has 4 nitrogen and oxygen atoms in total. The molecule has 1 aliphatic carbocycles. The third kappa shape index (κ3) is 3.84. The Bertz CT molecular complexity index is 1170. The maximum atomic E-state index is 12.9. The van der Waals surface area contributed by atoms with Crippen molar-refractivity contribution in [3.05, 3.63) is 99.3 Å². The molecule has 0 atom stereocenters. The normalized spacial score (nSPS) is 15.8. The van der Waals surface area contributed by atoms with Gasteiger partial charge < -0.3 is 10.0 Å². The number of benzene rings is 2. The molecule has 1 saturated heterocycles. The van der Waals surface area contributed by atoms with E-state index in [0.29, 0.717) is 18.7 Å². The molecule has 0 radical (unpaired) electrons. The second-order valence-electron chi connectivity index (χ2n) is 8.13. The van der Waals surface area contributed by atoms with Crippen LogP contribution in [0.2, 0.25) is 5.02 Å². The van der Waals surface area contributed by atoms with Gasteiger partial charge in [0, 0.05) is 35.4 Å². The predicted molar refractivity (Wildman–Crippen MR) is 122 cm³/mol. The van der Waals surface area contributed by atoms with Gasteiger partial charge in [0.05, 0.1) is 5.69 Å². The van der Waals surface area contributed by atoms with E-state index >= 15 is 0 Å². The van der Waals surface area contributed by atoms with Gasteiger partial charge in [0.2, 0.25) is 0 Å². The lowest BCUT2D eigenvalue weighted by molar-refractivity contribution is 0.0744. The third-order valence-electron chi connectivity index (χ3n) is 6.25. The summed E-state index contributed by atoms with van der Waals surface area (Å²) in [6.07, 6.45) is 5.38. The zero-order chi connectivity index (χ0) is 21.4. The largest absolute Gasteiger partial charge is 0.508 e. The van der Waals surface area contributed by atoms with Crippen molar-refractivity contribution in [1.29, 1.82) is 0 Å². The van der Waals surface area contributed by atoms with Crippen LogP contribution in [-0.4, -0.2) is 34.0 Å². The van der Waals surface area contributed by atoms with Gasteiger partial charge in [-0.3, -0.25) is 9.78 Å². The number of aromatic hydroxyl groups is 1. The van der Waals surface area contributed by atoms with Gasteiger partial charge in [-0.15, -0.1) is 0 Å². The molecule has 3 aromatic rings. The van der Waals surface area contributed by atoms with E-state index in [4.69, 9.17) is 16.6 Å². The van der Waals surface area contributed by atoms with Gasteiger partial charge >= 0.3 is 0 Å². The summed E-state index contributed by atoms with van der Waals surface area (Å²) in [5.41, 5.74) is 7.98. The number of phenolic OH excluding ortho intramolecular Hbond substituents is 1. The predicted octanol–water partition coefficient (Wildman–Crippen LogP) is 5.28. The SMILES string of the molecule is O=C(c1ccc(O)cc1)N1CCC(=C2c3ccc(Cl)cc3CCc3cccnc32)CC1. The molecule has 1 N–H and O–H groups in total. The Morgan fingerprint density at radius 1 is 0.935 bits per heavy atom. The number of pyridine rings is 1. The van der Waals surface area contributed by atoms with Crippen LogP contribution in [0.5, 0.6) is 5.75 Å². The molecule has 2 aromatic carbocycles. The number of likely N-dealkylation sites (tertiary alicyclic amines) is 1. The summed E-state index contributed by atoms with van der Waals surface area (Å²) in [7, 11) is 0. The number of hydrogen-bond donors (Lipinski definition) is 1. The first-order valence-corrected chi connectivity index (χ1v) is 11.0. The van der Waals surface area contributed by atoms with Crippen molar-refractivity contribution >= 4 is 23.1 Å². The molecule has 156 valence electrons. The van der Waals surface area contributed by atoms with Crippen LogP contribution in [0.4, 0.5) is 0 Å². The van der Waals surface area contributed by atoms with Gasteiger partial charge in [0.15, 0.2) is 0 Å². The van der Waals surface area contributed by atoms with Crippen molar-refractivity contribution in [3.63, 3.8) is 0 Å². The van der Waals surface area contributed by atoms with E-state index in [2.05, 4.69) is 18.2 Å². The van der Waals surface area contributed by atoms with Crippen molar-refractivity contribution in [2.45, 2.75) is 25.7 Å². The number of amides is 1. The number of carbonyl (C=O) groups is 1. The number of fused-ring (bicyclic) bond motifs is 2. The van der Waals surface area contributed by atoms with Gasteiger partial charge in [0.1, 0.15) is 5.75 Å². The van der Waals surface area contributed by atoms with Crippen LogP contribution in [0.1, 0.15) is 45.6 Å². The Morgan fingerprint density at radius 2 is 1.68 bits per heavy atom. The molecule has 1 aromatic heterocycles. The summed E-state index contributed by atoms with van der Waals surface area (Å²) < 4.78 is 0. The number of rotatable bonds is 1. The van der Waals surface area contributed by atoms with Gasteiger partial charge in [-0.25, -0.2) is 0 Å². The zero-order valence-corrected chi connectivity index (χ0v) is 17.9. The minimum atomic E-state index is 0.00984. The topological polar surface area (TPSA) is 53.4 Å². The Kier molecular flexibility index (Phi) is 5.24. The van der Waals surface area contributed by atoms with Crippen LogP contribution in [0.25, 0.3) is 5.57 Å². The second kappa shape index (κ2) is 8.20. The lowest BCUT2D eigenvalue weighted by Gasteiger charge is -2.30. The Labute approximate surface area is 186 Å². The van der Waals surface area contributed by atoms with Gasteiger partial charge in [-0.2, -0.15) is 0 Å². The molecular formula is C26H23ClN2O2. The van der Waals surface area contributed by atoms with E-state index < -0.39 is 0 Å². The van der Waals surface area contributed by atoms with E-state index in [0.717, 1.165) is 36.4 Å². The molecule has 2 heterocycles. The first-order valence-electron chi connectivity index (χ1n) is 10.6. The molecule has 31 heavy (non-hydrogen) atoms. The fraction of sp³-hybridized carbons (Fsp3) is 0.231. The zero-order valence-electron chi connectivity index (χ0n) is 17.1. The maximum Gasteiger partial charge on any atom is 0.253 e. The number of halogens is 1. The number of piperidine rings is 1. The van der Waals surface area contributed by atoms with Gasteiger partial charge in [0.25, 0.3) is 5.91 Å². The van der Waals surface area contributed by atoms with Crippen LogP contribution in [-0.2, 0) is 12.8 Å². The highest BCUT2D eigenvalue weighted by Crippen LogP contribution is 2.38. The van der Waals surface area contributed by atoms with Crippen LogP contribution in [0, 0.1) is 0 Å². The van der Waals surface area contributed by atoms with Gasteiger partial charge in [-0.1, -0.05) is 29.3 Å². The summed E-state index contributed by atoms with van der Waals surface area (Å²) in [4.78, 5) is 19.6. The lowest BCUT2D eigenvalue weighted by Crippen LogP contribution is -2.36. The maximum absolute atomic E-state index is 12.9. The van der Waals surface area contributed by atoms with Gasteiger partial charge in [-0.05, 0) is 84.8 Å². The van der Waals surface area contributed by atoms with E-state index in [1.165, 1.54) is 27.8 Å². The van der Waals surface area contributed by atoms with Crippen molar-refractivity contribution < 1.29 is 9.90 Å². The average Bonchev–Trinajstić information content (AvgIpc) is 2.96. The number of aryl methyl sites for hydroxylation is 2. The molecule has 0 spiro atoms. The third-order valence-corrected chi connectivity index (χ3v) is 6.49. The number of nitrogens with zero attached hydrogens (tertiary/aromatic N) is 2. The number of aromatic nitrogens is 1. The molecular weight excluding hydrogens is 408 g/mol. The summed E-state index contributed by atoms with van der Waals surface area (Å²) >= 11 is 6.31. The molecule has 1 aliphatic heterocycles. The van der Waals surface area contributed by atoms with Crippen LogP contribution in [0.3, 0.4) is 0 Å².